The van der Waals surface area contributed by atoms with Crippen LogP contribution in [0.2, 0.25) is 0 Å². The third kappa shape index (κ3) is 5.72. The molecule has 3 aromatic rings. The van der Waals surface area contributed by atoms with Crippen LogP contribution in [0.25, 0.3) is 11.1 Å². The van der Waals surface area contributed by atoms with E-state index in [-0.39, 0.29) is 18.3 Å². The molecule has 3 aromatic carbocycles. The van der Waals surface area contributed by atoms with Crippen LogP contribution in [0.1, 0.15) is 67.7 Å². The molecule has 34 heavy (non-hydrogen) atoms. The first-order chi connectivity index (χ1) is 16.5. The molecule has 0 amide bonds. The van der Waals surface area contributed by atoms with E-state index in [2.05, 4.69) is 6.92 Å². The summed E-state index contributed by atoms with van der Waals surface area (Å²) in [5, 5.41) is 0. The van der Waals surface area contributed by atoms with E-state index in [1.807, 2.05) is 37.3 Å². The van der Waals surface area contributed by atoms with Crippen LogP contribution < -0.4 is 0 Å². The van der Waals surface area contributed by atoms with Gasteiger partial charge < -0.3 is 4.74 Å². The fourth-order valence-corrected chi connectivity index (χ4v) is 4.89. The first kappa shape index (κ1) is 24.5. The zero-order valence-electron chi connectivity index (χ0n) is 20.0. The lowest BCUT2D eigenvalue weighted by Gasteiger charge is -2.27. The molecule has 0 bridgehead atoms. The molecule has 0 saturated heterocycles. The molecule has 0 atom stereocenters. The summed E-state index contributed by atoms with van der Waals surface area (Å²) in [6.07, 6.45) is 5.41. The van der Waals surface area contributed by atoms with E-state index in [1.165, 1.54) is 0 Å². The molecule has 1 aliphatic rings. The normalized spacial score (nSPS) is 18.3. The van der Waals surface area contributed by atoms with E-state index in [4.69, 9.17) is 4.74 Å². The molecular weight excluding hydrogens is 433 g/mol. The second-order valence-corrected chi connectivity index (χ2v) is 9.55. The molecule has 1 fully saturated rings. The van der Waals surface area contributed by atoms with Gasteiger partial charge in [-0.3, -0.25) is 0 Å². The predicted octanol–water partition coefficient (Wildman–Crippen LogP) is 8.39. The lowest BCUT2D eigenvalue weighted by atomic mass is 9.79. The largest absolute Gasteiger partial charge is 0.377 e. The van der Waals surface area contributed by atoms with Gasteiger partial charge in [0.15, 0.2) is 11.6 Å². The Morgan fingerprint density at radius 2 is 1.47 bits per heavy atom. The van der Waals surface area contributed by atoms with Gasteiger partial charge in [-0.15, -0.1) is 0 Å². The van der Waals surface area contributed by atoms with Crippen molar-refractivity contribution in [1.82, 2.24) is 0 Å². The number of hydrogen-bond donors (Lipinski definition) is 0. The summed E-state index contributed by atoms with van der Waals surface area (Å²) in [7, 11) is 0. The highest BCUT2D eigenvalue weighted by Gasteiger charge is 2.25. The first-order valence-corrected chi connectivity index (χ1v) is 12.4. The summed E-state index contributed by atoms with van der Waals surface area (Å²) >= 11 is 0. The zero-order chi connectivity index (χ0) is 24.1. The average Bonchev–Trinajstić information content (AvgIpc) is 2.85. The van der Waals surface area contributed by atoms with Gasteiger partial charge in [0.1, 0.15) is 5.82 Å². The molecule has 0 N–H and O–H groups in total. The van der Waals surface area contributed by atoms with Gasteiger partial charge in [-0.05, 0) is 72.8 Å². The maximum atomic E-state index is 15.0. The summed E-state index contributed by atoms with van der Waals surface area (Å²) in [4.78, 5) is 0. The van der Waals surface area contributed by atoms with Crippen molar-refractivity contribution in [2.45, 2.75) is 64.9 Å². The van der Waals surface area contributed by atoms with E-state index in [0.29, 0.717) is 41.2 Å². The van der Waals surface area contributed by atoms with Crippen molar-refractivity contribution >= 4 is 0 Å². The van der Waals surface area contributed by atoms with E-state index < -0.39 is 11.6 Å². The quantitative estimate of drug-likeness (QED) is 0.324. The van der Waals surface area contributed by atoms with Crippen molar-refractivity contribution in [3.8, 4) is 11.1 Å². The highest BCUT2D eigenvalue weighted by atomic mass is 19.2. The Morgan fingerprint density at radius 3 is 2.15 bits per heavy atom. The lowest BCUT2D eigenvalue weighted by Crippen LogP contribution is -2.13. The maximum Gasteiger partial charge on any atom is 0.166 e. The van der Waals surface area contributed by atoms with E-state index in [1.54, 1.807) is 24.3 Å². The Labute approximate surface area is 201 Å². The standard InChI is InChI=1S/C30H33F3O/c1-3-34-19-25-15-10-22(18-28(25)31)7-6-21-8-13-24(14-9-21)27-17-16-26(29(32)30(27)33)23-11-4-20(2)5-12-23/h8-10,13-18,20,23H,3-7,11-12,19H2,1-2H3. The SMILES string of the molecule is CCOCc1ccc(CCc2ccc(-c3ccc(C4CCC(C)CC4)c(F)c3F)cc2)cc1F. The molecule has 1 saturated carbocycles. The maximum absolute atomic E-state index is 15.0. The Hall–Kier alpha value is -2.59. The smallest absolute Gasteiger partial charge is 0.166 e. The van der Waals surface area contributed by atoms with Gasteiger partial charge >= 0.3 is 0 Å². The highest BCUT2D eigenvalue weighted by molar-refractivity contribution is 5.65. The molecule has 0 aromatic heterocycles. The van der Waals surface area contributed by atoms with Crippen molar-refractivity contribution in [3.05, 3.63) is 94.3 Å². The summed E-state index contributed by atoms with van der Waals surface area (Å²) in [6.45, 7) is 4.94. The van der Waals surface area contributed by atoms with Crippen molar-refractivity contribution in [3.63, 3.8) is 0 Å². The van der Waals surface area contributed by atoms with Gasteiger partial charge in [0, 0.05) is 17.7 Å². The van der Waals surface area contributed by atoms with Gasteiger partial charge in [0.25, 0.3) is 0 Å². The molecule has 0 aliphatic heterocycles. The van der Waals surface area contributed by atoms with Gasteiger partial charge in [-0.25, -0.2) is 13.2 Å². The van der Waals surface area contributed by atoms with Crippen LogP contribution in [-0.4, -0.2) is 6.61 Å². The van der Waals surface area contributed by atoms with Crippen LogP contribution >= 0.6 is 0 Å². The summed E-state index contributed by atoms with van der Waals surface area (Å²) in [6, 6.07) is 16.3. The van der Waals surface area contributed by atoms with E-state index in [9.17, 15) is 13.2 Å². The number of benzene rings is 3. The minimum atomic E-state index is -0.758. The fourth-order valence-electron chi connectivity index (χ4n) is 4.89. The molecule has 0 unspecified atom stereocenters. The second-order valence-electron chi connectivity index (χ2n) is 9.55. The second kappa shape index (κ2) is 11.2. The lowest BCUT2D eigenvalue weighted by molar-refractivity contribution is 0.131. The van der Waals surface area contributed by atoms with E-state index >= 15 is 0 Å². The van der Waals surface area contributed by atoms with Crippen LogP contribution in [0.15, 0.2) is 54.6 Å². The monoisotopic (exact) mass is 466 g/mol. The van der Waals surface area contributed by atoms with Crippen LogP contribution in [0.5, 0.6) is 0 Å². The van der Waals surface area contributed by atoms with Gasteiger partial charge in [0.05, 0.1) is 6.61 Å². The van der Waals surface area contributed by atoms with Gasteiger partial charge in [-0.1, -0.05) is 68.3 Å². The number of aryl methyl sites for hydroxylation is 2. The topological polar surface area (TPSA) is 9.23 Å². The molecule has 180 valence electrons. The summed E-state index contributed by atoms with van der Waals surface area (Å²) < 4.78 is 49.4. The Bertz CT molecular complexity index is 1100. The Kier molecular flexibility index (Phi) is 8.10. The molecular formula is C30H33F3O. The van der Waals surface area contributed by atoms with Crippen molar-refractivity contribution in [2.24, 2.45) is 5.92 Å². The molecule has 1 aliphatic carbocycles. The molecule has 0 spiro atoms. The van der Waals surface area contributed by atoms with Crippen LogP contribution in [-0.2, 0) is 24.2 Å². The summed E-state index contributed by atoms with van der Waals surface area (Å²) in [5.41, 5.74) is 4.02. The fraction of sp³-hybridized carbons (Fsp3) is 0.400. The summed E-state index contributed by atoms with van der Waals surface area (Å²) in [5.74, 6) is -0.923. The number of halogens is 3. The Balaban J connectivity index is 1.41. The minimum Gasteiger partial charge on any atom is -0.377 e. The molecule has 4 rings (SSSR count). The molecule has 4 heteroatoms. The first-order valence-electron chi connectivity index (χ1n) is 12.4. The molecule has 1 nitrogen and oxygen atoms in total. The van der Waals surface area contributed by atoms with Crippen LogP contribution in [0, 0.1) is 23.4 Å². The third-order valence-electron chi connectivity index (χ3n) is 7.11. The van der Waals surface area contributed by atoms with Crippen LogP contribution in [0.4, 0.5) is 13.2 Å². The molecule has 0 radical (unpaired) electrons. The number of hydrogen-bond acceptors (Lipinski definition) is 1. The van der Waals surface area contributed by atoms with Gasteiger partial charge in [0.2, 0.25) is 0 Å². The predicted molar refractivity (Wildman–Crippen MR) is 131 cm³/mol. The number of ether oxygens (including phenoxy) is 1. The van der Waals surface area contributed by atoms with Crippen molar-refractivity contribution in [2.75, 3.05) is 6.61 Å². The van der Waals surface area contributed by atoms with Gasteiger partial charge in [-0.2, -0.15) is 0 Å². The van der Waals surface area contributed by atoms with Crippen molar-refractivity contribution in [1.29, 1.82) is 0 Å². The van der Waals surface area contributed by atoms with Crippen molar-refractivity contribution < 1.29 is 17.9 Å². The zero-order valence-corrected chi connectivity index (χ0v) is 20.0. The molecule has 0 heterocycles. The van der Waals surface area contributed by atoms with Crippen LogP contribution in [0.3, 0.4) is 0 Å². The van der Waals surface area contributed by atoms with E-state index in [0.717, 1.165) is 43.2 Å². The minimum absolute atomic E-state index is 0.111. The average molecular weight is 467 g/mol. The Morgan fingerprint density at radius 1 is 0.794 bits per heavy atom. The highest BCUT2D eigenvalue weighted by Crippen LogP contribution is 2.38. The third-order valence-corrected chi connectivity index (χ3v) is 7.11. The number of rotatable bonds is 8.